The van der Waals surface area contributed by atoms with Gasteiger partial charge in [-0.15, -0.1) is 13.2 Å². The van der Waals surface area contributed by atoms with Gasteiger partial charge in [-0.3, -0.25) is 0 Å². The SMILES string of the molecule is C=C.CC(C=N)c1ccc(Cl)cc1.NCO. The third-order valence-electron chi connectivity index (χ3n) is 1.65. The van der Waals surface area contributed by atoms with Gasteiger partial charge in [-0.2, -0.15) is 0 Å². The van der Waals surface area contributed by atoms with E-state index in [1.165, 1.54) is 6.21 Å². The second-order valence-electron chi connectivity index (χ2n) is 2.69. The highest BCUT2D eigenvalue weighted by Gasteiger charge is 1.99. The molecule has 0 aliphatic rings. The van der Waals surface area contributed by atoms with Crippen LogP contribution in [0.3, 0.4) is 0 Å². The summed E-state index contributed by atoms with van der Waals surface area (Å²) in [6, 6.07) is 7.57. The molecular weight excluding hydrogens is 224 g/mol. The van der Waals surface area contributed by atoms with E-state index in [4.69, 9.17) is 22.1 Å². The van der Waals surface area contributed by atoms with Crippen LogP contribution in [-0.2, 0) is 0 Å². The van der Waals surface area contributed by atoms with Gasteiger partial charge in [0.15, 0.2) is 0 Å². The number of benzene rings is 1. The summed E-state index contributed by atoms with van der Waals surface area (Å²) in [5.74, 6) is 0.187. The second kappa shape index (κ2) is 11.9. The normalized spacial score (nSPS) is 10.0. The van der Waals surface area contributed by atoms with Gasteiger partial charge in [-0.05, 0) is 17.7 Å². The van der Waals surface area contributed by atoms with Crippen LogP contribution in [0, 0.1) is 5.41 Å². The van der Waals surface area contributed by atoms with Crippen molar-refractivity contribution in [1.29, 1.82) is 5.41 Å². The van der Waals surface area contributed by atoms with Crippen molar-refractivity contribution in [2.24, 2.45) is 5.73 Å². The maximum absolute atomic E-state index is 7.35. The third kappa shape index (κ3) is 8.17. The van der Waals surface area contributed by atoms with E-state index >= 15 is 0 Å². The van der Waals surface area contributed by atoms with E-state index in [0.717, 1.165) is 10.6 Å². The van der Waals surface area contributed by atoms with Crippen molar-refractivity contribution in [3.8, 4) is 0 Å². The third-order valence-corrected chi connectivity index (χ3v) is 1.90. The minimum absolute atomic E-state index is 0.187. The van der Waals surface area contributed by atoms with Crippen LogP contribution in [-0.4, -0.2) is 18.1 Å². The first-order chi connectivity index (χ1) is 7.65. The largest absolute Gasteiger partial charge is 0.382 e. The van der Waals surface area contributed by atoms with Crippen LogP contribution in [0.4, 0.5) is 0 Å². The van der Waals surface area contributed by atoms with E-state index in [2.05, 4.69) is 18.9 Å². The van der Waals surface area contributed by atoms with Gasteiger partial charge in [0.05, 0.1) is 6.73 Å². The molecule has 1 rings (SSSR count). The predicted molar refractivity (Wildman–Crippen MR) is 71.2 cm³/mol. The summed E-state index contributed by atoms with van der Waals surface area (Å²) in [5.41, 5.74) is 5.53. The van der Waals surface area contributed by atoms with Gasteiger partial charge in [-0.1, -0.05) is 30.7 Å². The number of hydrogen-bond donors (Lipinski definition) is 3. The molecule has 4 heteroatoms. The molecule has 90 valence electrons. The molecule has 4 N–H and O–H groups in total. The quantitative estimate of drug-likeness (QED) is 0.424. The molecule has 1 aromatic rings. The summed E-state index contributed by atoms with van der Waals surface area (Å²) >= 11 is 5.70. The number of halogens is 1. The van der Waals surface area contributed by atoms with E-state index in [0.29, 0.717) is 0 Å². The number of aliphatic hydroxyl groups excluding tert-OH is 1. The topological polar surface area (TPSA) is 70.1 Å². The highest BCUT2D eigenvalue weighted by molar-refractivity contribution is 6.30. The fourth-order valence-electron chi connectivity index (χ4n) is 0.863. The molecule has 0 saturated heterocycles. The maximum Gasteiger partial charge on any atom is 0.0906 e. The second-order valence-corrected chi connectivity index (χ2v) is 3.13. The van der Waals surface area contributed by atoms with E-state index in [-0.39, 0.29) is 12.6 Å². The molecule has 0 aliphatic heterocycles. The lowest BCUT2D eigenvalue weighted by atomic mass is 10.0. The van der Waals surface area contributed by atoms with Gasteiger partial charge in [0.25, 0.3) is 0 Å². The smallest absolute Gasteiger partial charge is 0.0906 e. The van der Waals surface area contributed by atoms with Crippen LogP contribution in [0.1, 0.15) is 18.4 Å². The zero-order chi connectivity index (χ0) is 13.0. The zero-order valence-corrected chi connectivity index (χ0v) is 10.2. The molecule has 1 unspecified atom stereocenters. The van der Waals surface area contributed by atoms with Crippen LogP contribution in [0.15, 0.2) is 37.4 Å². The summed E-state index contributed by atoms with van der Waals surface area (Å²) in [7, 11) is 0. The lowest BCUT2D eigenvalue weighted by molar-refractivity contribution is 0.307. The number of rotatable bonds is 2. The number of nitrogens with two attached hydrogens (primary N) is 1. The molecule has 0 aliphatic carbocycles. The monoisotopic (exact) mass is 242 g/mol. The van der Waals surface area contributed by atoms with Gasteiger partial charge >= 0.3 is 0 Å². The lowest BCUT2D eigenvalue weighted by Gasteiger charge is -2.03. The van der Waals surface area contributed by atoms with Crippen LogP contribution in [0.25, 0.3) is 0 Å². The van der Waals surface area contributed by atoms with Gasteiger partial charge < -0.3 is 16.2 Å². The Bertz CT molecular complexity index is 275. The van der Waals surface area contributed by atoms with Crippen LogP contribution < -0.4 is 5.73 Å². The Morgan fingerprint density at radius 3 is 2.12 bits per heavy atom. The Balaban J connectivity index is 0. The Labute approximate surface area is 102 Å². The number of nitrogens with one attached hydrogen (secondary N) is 1. The Hall–Kier alpha value is -1.16. The van der Waals surface area contributed by atoms with Crippen molar-refractivity contribution >= 4 is 17.8 Å². The molecule has 0 fully saturated rings. The van der Waals surface area contributed by atoms with Crippen molar-refractivity contribution in [3.63, 3.8) is 0 Å². The average molecular weight is 243 g/mol. The standard InChI is InChI=1S/C9H10ClN.C2H4.CH5NO/c1-7(6-11)8-2-4-9(10)5-3-8;1-2;2-1-3/h2-7,11H,1H3;1-2H2;3H,1-2H2. The van der Waals surface area contributed by atoms with Crippen molar-refractivity contribution in [3.05, 3.63) is 48.0 Å². The molecule has 0 amide bonds. The Kier molecular flexibility index (Phi) is 12.8. The van der Waals surface area contributed by atoms with Gasteiger partial charge in [0, 0.05) is 17.2 Å². The summed E-state index contributed by atoms with van der Waals surface area (Å²) < 4.78 is 0. The van der Waals surface area contributed by atoms with Crippen LogP contribution >= 0.6 is 11.6 Å². The predicted octanol–water partition coefficient (Wildman–Crippen LogP) is 2.79. The summed E-state index contributed by atoms with van der Waals surface area (Å²) in [6.07, 6.45) is 1.42. The van der Waals surface area contributed by atoms with Crippen molar-refractivity contribution in [1.82, 2.24) is 0 Å². The highest BCUT2D eigenvalue weighted by Crippen LogP contribution is 2.15. The fraction of sp³-hybridized carbons (Fsp3) is 0.250. The van der Waals surface area contributed by atoms with Crippen LogP contribution in [0.2, 0.25) is 5.02 Å². The van der Waals surface area contributed by atoms with Crippen molar-refractivity contribution < 1.29 is 5.11 Å². The maximum atomic E-state index is 7.35. The molecule has 0 heterocycles. The first-order valence-corrected chi connectivity index (χ1v) is 5.10. The molecular formula is C12H19ClN2O. The molecule has 1 atom stereocenters. The minimum atomic E-state index is -0.250. The minimum Gasteiger partial charge on any atom is -0.382 e. The van der Waals surface area contributed by atoms with Crippen molar-refractivity contribution in [2.75, 3.05) is 6.73 Å². The van der Waals surface area contributed by atoms with E-state index in [1.807, 2.05) is 31.2 Å². The summed E-state index contributed by atoms with van der Waals surface area (Å²) in [4.78, 5) is 0. The molecule has 0 spiro atoms. The first kappa shape index (κ1) is 17.2. The molecule has 3 nitrogen and oxygen atoms in total. The molecule has 0 saturated carbocycles. The van der Waals surface area contributed by atoms with Crippen LogP contribution in [0.5, 0.6) is 0 Å². The van der Waals surface area contributed by atoms with E-state index < -0.39 is 0 Å². The average Bonchev–Trinajstić information content (AvgIpc) is 2.33. The Morgan fingerprint density at radius 1 is 1.44 bits per heavy atom. The summed E-state index contributed by atoms with van der Waals surface area (Å²) in [6.45, 7) is 7.73. The number of aliphatic hydroxyl groups is 1. The molecule has 0 bridgehead atoms. The first-order valence-electron chi connectivity index (χ1n) is 4.72. The summed E-state index contributed by atoms with van der Waals surface area (Å²) in [5, 5.41) is 15.1. The van der Waals surface area contributed by atoms with Crippen molar-refractivity contribution in [2.45, 2.75) is 12.8 Å². The fourth-order valence-corrected chi connectivity index (χ4v) is 0.989. The molecule has 0 radical (unpaired) electrons. The van der Waals surface area contributed by atoms with Gasteiger partial charge in [0.1, 0.15) is 0 Å². The zero-order valence-electron chi connectivity index (χ0n) is 9.49. The number of hydrogen-bond acceptors (Lipinski definition) is 3. The van der Waals surface area contributed by atoms with E-state index in [1.54, 1.807) is 0 Å². The lowest BCUT2D eigenvalue weighted by Crippen LogP contribution is -1.92. The highest BCUT2D eigenvalue weighted by atomic mass is 35.5. The molecule has 16 heavy (non-hydrogen) atoms. The molecule has 1 aromatic carbocycles. The van der Waals surface area contributed by atoms with Gasteiger partial charge in [-0.25, -0.2) is 0 Å². The Morgan fingerprint density at radius 2 is 1.81 bits per heavy atom. The molecule has 0 aromatic heterocycles. The van der Waals surface area contributed by atoms with E-state index in [9.17, 15) is 0 Å². The van der Waals surface area contributed by atoms with Gasteiger partial charge in [0.2, 0.25) is 0 Å².